The molecule has 1 aliphatic heterocycles. The van der Waals surface area contributed by atoms with Crippen molar-refractivity contribution in [3.05, 3.63) is 52.0 Å². The molecule has 1 saturated heterocycles. The number of pyridine rings is 1. The number of nitrogens with zero attached hydrogens (tertiary/aromatic N) is 3. The predicted molar refractivity (Wildman–Crippen MR) is 83.8 cm³/mol. The molecule has 2 aromatic heterocycles. The highest BCUT2D eigenvalue weighted by Crippen LogP contribution is 2.18. The van der Waals surface area contributed by atoms with Gasteiger partial charge in [0.15, 0.2) is 0 Å². The van der Waals surface area contributed by atoms with Gasteiger partial charge in [0.2, 0.25) is 0 Å². The van der Waals surface area contributed by atoms with E-state index in [2.05, 4.69) is 39.9 Å². The molecular formula is C16H21N3S. The second-order valence-corrected chi connectivity index (χ2v) is 6.80. The van der Waals surface area contributed by atoms with Crippen LogP contribution < -0.4 is 0 Å². The molecule has 106 valence electrons. The summed E-state index contributed by atoms with van der Waals surface area (Å²) in [6.07, 6.45) is 3.81. The summed E-state index contributed by atoms with van der Waals surface area (Å²) < 4.78 is 0. The first-order chi connectivity index (χ1) is 9.79. The first-order valence-electron chi connectivity index (χ1n) is 7.18. The second kappa shape index (κ2) is 6.48. The van der Waals surface area contributed by atoms with Crippen LogP contribution in [-0.2, 0) is 13.1 Å². The molecule has 0 aromatic carbocycles. The van der Waals surface area contributed by atoms with E-state index in [0.717, 1.165) is 39.3 Å². The summed E-state index contributed by atoms with van der Waals surface area (Å²) in [6.45, 7) is 8.95. The molecule has 20 heavy (non-hydrogen) atoms. The quantitative estimate of drug-likeness (QED) is 0.862. The van der Waals surface area contributed by atoms with Gasteiger partial charge in [-0.3, -0.25) is 14.8 Å². The Morgan fingerprint density at radius 3 is 2.40 bits per heavy atom. The zero-order valence-electron chi connectivity index (χ0n) is 12.0. The van der Waals surface area contributed by atoms with E-state index < -0.39 is 0 Å². The number of piperazine rings is 1. The Balaban J connectivity index is 1.47. The van der Waals surface area contributed by atoms with Crippen molar-refractivity contribution in [2.45, 2.75) is 20.0 Å². The Hall–Kier alpha value is -1.23. The molecule has 0 N–H and O–H groups in total. The van der Waals surface area contributed by atoms with Crippen LogP contribution in [0.1, 0.15) is 15.3 Å². The first kappa shape index (κ1) is 13.7. The highest BCUT2D eigenvalue weighted by atomic mass is 32.1. The van der Waals surface area contributed by atoms with Crippen LogP contribution in [0, 0.1) is 6.92 Å². The van der Waals surface area contributed by atoms with E-state index >= 15 is 0 Å². The monoisotopic (exact) mass is 287 g/mol. The number of hydrogen-bond acceptors (Lipinski definition) is 4. The summed E-state index contributed by atoms with van der Waals surface area (Å²) in [5.74, 6) is 0. The molecule has 1 aliphatic rings. The van der Waals surface area contributed by atoms with Crippen LogP contribution in [0.4, 0.5) is 0 Å². The smallest absolute Gasteiger partial charge is 0.0329 e. The lowest BCUT2D eigenvalue weighted by atomic mass is 10.2. The number of hydrogen-bond donors (Lipinski definition) is 0. The fourth-order valence-electron chi connectivity index (χ4n) is 2.65. The molecule has 0 spiro atoms. The first-order valence-corrected chi connectivity index (χ1v) is 8.00. The molecule has 0 unspecified atom stereocenters. The van der Waals surface area contributed by atoms with Gasteiger partial charge in [-0.05, 0) is 30.7 Å². The largest absolute Gasteiger partial charge is 0.296 e. The summed E-state index contributed by atoms with van der Waals surface area (Å²) in [5, 5.41) is 0. The minimum Gasteiger partial charge on any atom is -0.296 e. The average molecular weight is 287 g/mol. The van der Waals surface area contributed by atoms with Gasteiger partial charge in [-0.2, -0.15) is 0 Å². The van der Waals surface area contributed by atoms with E-state index in [9.17, 15) is 0 Å². The van der Waals surface area contributed by atoms with E-state index in [1.807, 2.05) is 29.8 Å². The lowest BCUT2D eigenvalue weighted by Gasteiger charge is -2.34. The number of aryl methyl sites for hydroxylation is 1. The molecule has 0 aliphatic carbocycles. The third-order valence-corrected chi connectivity index (χ3v) is 4.75. The molecule has 3 nitrogen and oxygen atoms in total. The van der Waals surface area contributed by atoms with Gasteiger partial charge < -0.3 is 0 Å². The maximum absolute atomic E-state index is 4.19. The van der Waals surface area contributed by atoms with Crippen LogP contribution in [0.5, 0.6) is 0 Å². The molecule has 0 saturated carbocycles. The second-order valence-electron chi connectivity index (χ2n) is 5.43. The lowest BCUT2D eigenvalue weighted by Crippen LogP contribution is -2.45. The van der Waals surface area contributed by atoms with Gasteiger partial charge in [-0.25, -0.2) is 0 Å². The summed E-state index contributed by atoms with van der Waals surface area (Å²) in [5.41, 5.74) is 1.31. The number of aromatic nitrogens is 1. The van der Waals surface area contributed by atoms with Crippen LogP contribution in [0.25, 0.3) is 0 Å². The summed E-state index contributed by atoms with van der Waals surface area (Å²) in [4.78, 5) is 12.2. The molecule has 3 heterocycles. The SMILES string of the molecule is Cc1ccc(CN2CCN(Cc3cccnc3)CC2)s1. The Morgan fingerprint density at radius 1 is 1.05 bits per heavy atom. The van der Waals surface area contributed by atoms with Crippen molar-refractivity contribution in [3.8, 4) is 0 Å². The summed E-state index contributed by atoms with van der Waals surface area (Å²) in [7, 11) is 0. The fraction of sp³-hybridized carbons (Fsp3) is 0.438. The van der Waals surface area contributed by atoms with Crippen LogP contribution in [0.15, 0.2) is 36.7 Å². The molecule has 0 atom stereocenters. The molecule has 4 heteroatoms. The summed E-state index contributed by atoms with van der Waals surface area (Å²) >= 11 is 1.92. The third kappa shape index (κ3) is 3.66. The van der Waals surface area contributed by atoms with Gasteiger partial charge in [0, 0.05) is 61.4 Å². The predicted octanol–water partition coefficient (Wildman–Crippen LogP) is 2.77. The van der Waals surface area contributed by atoms with E-state index in [0.29, 0.717) is 0 Å². The Bertz CT molecular complexity index is 530. The third-order valence-electron chi connectivity index (χ3n) is 3.77. The van der Waals surface area contributed by atoms with Crippen molar-refractivity contribution in [2.75, 3.05) is 26.2 Å². The normalized spacial score (nSPS) is 17.4. The molecular weight excluding hydrogens is 266 g/mol. The van der Waals surface area contributed by atoms with Gasteiger partial charge in [0.05, 0.1) is 0 Å². The number of rotatable bonds is 4. The zero-order chi connectivity index (χ0) is 13.8. The minimum atomic E-state index is 1.03. The summed E-state index contributed by atoms with van der Waals surface area (Å²) in [6, 6.07) is 8.67. The van der Waals surface area contributed by atoms with E-state index in [-0.39, 0.29) is 0 Å². The van der Waals surface area contributed by atoms with Crippen molar-refractivity contribution >= 4 is 11.3 Å². The van der Waals surface area contributed by atoms with Crippen molar-refractivity contribution in [2.24, 2.45) is 0 Å². The van der Waals surface area contributed by atoms with Crippen LogP contribution >= 0.6 is 11.3 Å². The molecule has 2 aromatic rings. The van der Waals surface area contributed by atoms with E-state index in [1.165, 1.54) is 15.3 Å². The molecule has 1 fully saturated rings. The zero-order valence-corrected chi connectivity index (χ0v) is 12.8. The van der Waals surface area contributed by atoms with Gasteiger partial charge >= 0.3 is 0 Å². The standard InChI is InChI=1S/C16H21N3S/c1-14-4-5-16(20-14)13-19-9-7-18(8-10-19)12-15-3-2-6-17-11-15/h2-6,11H,7-10,12-13H2,1H3. The number of thiophene rings is 1. The van der Waals surface area contributed by atoms with Crippen LogP contribution in [0.2, 0.25) is 0 Å². The van der Waals surface area contributed by atoms with Crippen molar-refractivity contribution in [1.82, 2.24) is 14.8 Å². The Kier molecular flexibility index (Phi) is 4.45. The fourth-order valence-corrected chi connectivity index (χ4v) is 3.58. The average Bonchev–Trinajstić information content (AvgIpc) is 2.88. The Labute approximate surface area is 124 Å². The molecule has 0 bridgehead atoms. The van der Waals surface area contributed by atoms with Crippen LogP contribution in [-0.4, -0.2) is 41.0 Å². The maximum atomic E-state index is 4.19. The van der Waals surface area contributed by atoms with Gasteiger partial charge in [-0.1, -0.05) is 6.07 Å². The van der Waals surface area contributed by atoms with E-state index in [4.69, 9.17) is 0 Å². The molecule has 0 radical (unpaired) electrons. The highest BCUT2D eigenvalue weighted by Gasteiger charge is 2.17. The van der Waals surface area contributed by atoms with Crippen molar-refractivity contribution in [3.63, 3.8) is 0 Å². The Morgan fingerprint density at radius 2 is 1.80 bits per heavy atom. The van der Waals surface area contributed by atoms with Crippen LogP contribution in [0.3, 0.4) is 0 Å². The van der Waals surface area contributed by atoms with Gasteiger partial charge in [0.25, 0.3) is 0 Å². The topological polar surface area (TPSA) is 19.4 Å². The highest BCUT2D eigenvalue weighted by molar-refractivity contribution is 7.11. The van der Waals surface area contributed by atoms with Crippen molar-refractivity contribution in [1.29, 1.82) is 0 Å². The molecule has 0 amide bonds. The minimum absolute atomic E-state index is 1.03. The van der Waals surface area contributed by atoms with E-state index in [1.54, 1.807) is 0 Å². The van der Waals surface area contributed by atoms with Gasteiger partial charge in [-0.15, -0.1) is 11.3 Å². The van der Waals surface area contributed by atoms with Crippen molar-refractivity contribution < 1.29 is 0 Å². The maximum Gasteiger partial charge on any atom is 0.0329 e. The lowest BCUT2D eigenvalue weighted by molar-refractivity contribution is 0.122. The van der Waals surface area contributed by atoms with Gasteiger partial charge in [0.1, 0.15) is 0 Å². The molecule has 3 rings (SSSR count).